The molecule has 1 amide bonds. The molecule has 7 nitrogen and oxygen atoms in total. The number of carbonyl (C=O) groups is 1. The summed E-state index contributed by atoms with van der Waals surface area (Å²) in [7, 11) is 0. The minimum atomic E-state index is -0.161. The number of rotatable bonds is 6. The molecule has 0 saturated heterocycles. The minimum absolute atomic E-state index is 0.161. The van der Waals surface area contributed by atoms with E-state index >= 15 is 0 Å². The van der Waals surface area contributed by atoms with E-state index < -0.39 is 0 Å². The lowest BCUT2D eigenvalue weighted by atomic mass is 9.95. The van der Waals surface area contributed by atoms with E-state index in [1.54, 1.807) is 0 Å². The molecule has 2 aromatic rings. The van der Waals surface area contributed by atoms with E-state index in [4.69, 9.17) is 5.73 Å². The number of anilines is 3. The molecule has 7 heteroatoms. The van der Waals surface area contributed by atoms with Gasteiger partial charge in [0.2, 0.25) is 5.91 Å². The summed E-state index contributed by atoms with van der Waals surface area (Å²) in [6.45, 7) is 0. The summed E-state index contributed by atoms with van der Waals surface area (Å²) < 4.78 is 0. The third kappa shape index (κ3) is 4.82. The van der Waals surface area contributed by atoms with Crippen LogP contribution in [-0.2, 0) is 11.2 Å². The number of hydrogen-bond acceptors (Lipinski definition) is 6. The van der Waals surface area contributed by atoms with Gasteiger partial charge >= 0.3 is 0 Å². The van der Waals surface area contributed by atoms with E-state index in [0.29, 0.717) is 23.4 Å². The standard InChI is InChI=1S/C18H24N6O/c19-16-17(22-14-9-5-2-6-10-14)20-12-21-18(16)24-23-15(25)11-13-7-3-1-4-8-13/h1,3-4,7-8,12,14H,2,5-6,9-11,19H2,(H,23,25)(H2,20,21,22,24). The van der Waals surface area contributed by atoms with Crippen molar-refractivity contribution in [2.75, 3.05) is 16.5 Å². The normalized spacial score (nSPS) is 14.7. The lowest BCUT2D eigenvalue weighted by Crippen LogP contribution is -2.32. The minimum Gasteiger partial charge on any atom is -0.393 e. The number of nitrogens with two attached hydrogens (primary N) is 1. The fraction of sp³-hybridized carbons (Fsp3) is 0.389. The zero-order valence-corrected chi connectivity index (χ0v) is 14.2. The summed E-state index contributed by atoms with van der Waals surface area (Å²) in [4.78, 5) is 20.4. The predicted octanol–water partition coefficient (Wildman–Crippen LogP) is 2.49. The average Bonchev–Trinajstić information content (AvgIpc) is 2.64. The van der Waals surface area contributed by atoms with Gasteiger partial charge in [-0.1, -0.05) is 49.6 Å². The molecule has 3 rings (SSSR count). The zero-order chi connectivity index (χ0) is 17.5. The fourth-order valence-electron chi connectivity index (χ4n) is 3.00. The Labute approximate surface area is 147 Å². The summed E-state index contributed by atoms with van der Waals surface area (Å²) in [5.74, 6) is 0.849. The molecule has 0 unspecified atom stereocenters. The van der Waals surface area contributed by atoms with Gasteiger partial charge in [-0.25, -0.2) is 9.97 Å². The third-order valence-corrected chi connectivity index (χ3v) is 4.36. The molecule has 1 aromatic carbocycles. The maximum Gasteiger partial charge on any atom is 0.242 e. The van der Waals surface area contributed by atoms with Gasteiger partial charge in [0.05, 0.1) is 6.42 Å². The van der Waals surface area contributed by atoms with Crippen LogP contribution in [0.2, 0.25) is 0 Å². The smallest absolute Gasteiger partial charge is 0.242 e. The predicted molar refractivity (Wildman–Crippen MR) is 98.9 cm³/mol. The summed E-state index contributed by atoms with van der Waals surface area (Å²) in [6, 6.07) is 9.94. The van der Waals surface area contributed by atoms with Crippen LogP contribution in [0.1, 0.15) is 37.7 Å². The highest BCUT2D eigenvalue weighted by Crippen LogP contribution is 2.26. The van der Waals surface area contributed by atoms with Gasteiger partial charge in [0.15, 0.2) is 11.6 Å². The molecule has 1 saturated carbocycles. The summed E-state index contributed by atoms with van der Waals surface area (Å²) in [6.07, 6.45) is 7.71. The highest BCUT2D eigenvalue weighted by atomic mass is 16.2. The highest BCUT2D eigenvalue weighted by Gasteiger charge is 2.16. The van der Waals surface area contributed by atoms with Crippen LogP contribution in [0, 0.1) is 0 Å². The molecule has 0 aliphatic heterocycles. The monoisotopic (exact) mass is 340 g/mol. The van der Waals surface area contributed by atoms with Crippen LogP contribution < -0.4 is 21.9 Å². The van der Waals surface area contributed by atoms with Crippen molar-refractivity contribution in [3.8, 4) is 0 Å². The highest BCUT2D eigenvalue weighted by molar-refractivity contribution is 5.81. The molecule has 132 valence electrons. The molecular formula is C18H24N6O. The van der Waals surface area contributed by atoms with Gasteiger partial charge in [0.25, 0.3) is 0 Å². The van der Waals surface area contributed by atoms with Crippen molar-refractivity contribution >= 4 is 23.2 Å². The van der Waals surface area contributed by atoms with Gasteiger partial charge in [-0.15, -0.1) is 0 Å². The maximum absolute atomic E-state index is 12.0. The summed E-state index contributed by atoms with van der Waals surface area (Å²) in [5.41, 5.74) is 12.9. The van der Waals surface area contributed by atoms with Crippen LogP contribution in [0.15, 0.2) is 36.7 Å². The Hall–Kier alpha value is -2.83. The molecule has 25 heavy (non-hydrogen) atoms. The number of hydrogen-bond donors (Lipinski definition) is 4. The quantitative estimate of drug-likeness (QED) is 0.602. The molecule has 1 heterocycles. The first-order chi connectivity index (χ1) is 12.2. The van der Waals surface area contributed by atoms with Gasteiger partial charge in [-0.05, 0) is 18.4 Å². The van der Waals surface area contributed by atoms with Crippen molar-refractivity contribution in [1.29, 1.82) is 0 Å². The largest absolute Gasteiger partial charge is 0.393 e. The first-order valence-corrected chi connectivity index (χ1v) is 8.68. The van der Waals surface area contributed by atoms with Crippen LogP contribution in [-0.4, -0.2) is 21.9 Å². The van der Waals surface area contributed by atoms with E-state index in [2.05, 4.69) is 26.1 Å². The molecule has 1 fully saturated rings. The van der Waals surface area contributed by atoms with Crippen LogP contribution in [0.25, 0.3) is 0 Å². The zero-order valence-electron chi connectivity index (χ0n) is 14.2. The van der Waals surface area contributed by atoms with Crippen molar-refractivity contribution in [2.45, 2.75) is 44.6 Å². The van der Waals surface area contributed by atoms with Gasteiger partial charge < -0.3 is 11.1 Å². The Bertz CT molecular complexity index is 700. The SMILES string of the molecule is Nc1c(NNC(=O)Cc2ccccc2)ncnc1NC1CCCCC1. The number of amides is 1. The number of carbonyl (C=O) groups excluding carboxylic acids is 1. The van der Waals surface area contributed by atoms with Crippen molar-refractivity contribution in [1.82, 2.24) is 15.4 Å². The van der Waals surface area contributed by atoms with Gasteiger partial charge in [-0.3, -0.25) is 15.6 Å². The Morgan fingerprint density at radius 1 is 1.08 bits per heavy atom. The average molecular weight is 340 g/mol. The second-order valence-electron chi connectivity index (χ2n) is 6.30. The van der Waals surface area contributed by atoms with E-state index in [1.807, 2.05) is 30.3 Å². The summed E-state index contributed by atoms with van der Waals surface area (Å²) in [5, 5.41) is 3.39. The van der Waals surface area contributed by atoms with Crippen molar-refractivity contribution < 1.29 is 4.79 Å². The Morgan fingerprint density at radius 2 is 1.80 bits per heavy atom. The van der Waals surface area contributed by atoms with Crippen molar-refractivity contribution in [3.05, 3.63) is 42.2 Å². The Morgan fingerprint density at radius 3 is 2.56 bits per heavy atom. The maximum atomic E-state index is 12.0. The van der Waals surface area contributed by atoms with Gasteiger partial charge in [0, 0.05) is 6.04 Å². The Balaban J connectivity index is 1.57. The Kier molecular flexibility index (Phi) is 5.66. The summed E-state index contributed by atoms with van der Waals surface area (Å²) >= 11 is 0. The van der Waals surface area contributed by atoms with E-state index in [9.17, 15) is 4.79 Å². The van der Waals surface area contributed by atoms with E-state index in [1.165, 1.54) is 25.6 Å². The molecule has 0 atom stereocenters. The van der Waals surface area contributed by atoms with Crippen LogP contribution in [0.5, 0.6) is 0 Å². The van der Waals surface area contributed by atoms with Crippen LogP contribution in [0.4, 0.5) is 17.3 Å². The number of aromatic nitrogens is 2. The lowest BCUT2D eigenvalue weighted by molar-refractivity contribution is -0.119. The van der Waals surface area contributed by atoms with Crippen LogP contribution >= 0.6 is 0 Å². The number of nitrogens with one attached hydrogen (secondary N) is 3. The van der Waals surface area contributed by atoms with Crippen molar-refractivity contribution in [3.63, 3.8) is 0 Å². The second kappa shape index (κ2) is 8.32. The topological polar surface area (TPSA) is 105 Å². The molecule has 0 bridgehead atoms. The molecule has 0 radical (unpaired) electrons. The van der Waals surface area contributed by atoms with Gasteiger partial charge in [0.1, 0.15) is 12.0 Å². The first kappa shape index (κ1) is 17.0. The molecule has 1 aromatic heterocycles. The number of nitrogen functional groups attached to an aromatic ring is 1. The third-order valence-electron chi connectivity index (χ3n) is 4.36. The second-order valence-corrected chi connectivity index (χ2v) is 6.30. The van der Waals surface area contributed by atoms with Gasteiger partial charge in [-0.2, -0.15) is 0 Å². The number of hydrazine groups is 1. The molecular weight excluding hydrogens is 316 g/mol. The lowest BCUT2D eigenvalue weighted by Gasteiger charge is -2.24. The van der Waals surface area contributed by atoms with E-state index in [0.717, 1.165) is 18.4 Å². The first-order valence-electron chi connectivity index (χ1n) is 8.68. The number of nitrogens with zero attached hydrogens (tertiary/aromatic N) is 2. The van der Waals surface area contributed by atoms with Crippen molar-refractivity contribution in [2.24, 2.45) is 0 Å². The molecule has 1 aliphatic rings. The fourth-order valence-corrected chi connectivity index (χ4v) is 3.00. The molecule has 5 N–H and O–H groups in total. The molecule has 1 aliphatic carbocycles. The molecule has 0 spiro atoms. The van der Waals surface area contributed by atoms with E-state index in [-0.39, 0.29) is 12.3 Å². The van der Waals surface area contributed by atoms with Crippen LogP contribution in [0.3, 0.4) is 0 Å². The number of benzene rings is 1.